The largest absolute Gasteiger partial charge is 0.310 e. The molecule has 20 heavy (non-hydrogen) atoms. The smallest absolute Gasteiger partial charge is 0.0420 e. The highest BCUT2D eigenvalue weighted by Crippen LogP contribution is 2.25. The first-order valence-electron chi connectivity index (χ1n) is 7.47. The van der Waals surface area contributed by atoms with Crippen LogP contribution < -0.4 is 5.32 Å². The molecular weight excluding hydrogens is 264 g/mol. The van der Waals surface area contributed by atoms with E-state index in [1.165, 1.54) is 15.3 Å². The van der Waals surface area contributed by atoms with Crippen molar-refractivity contribution in [3.63, 3.8) is 0 Å². The summed E-state index contributed by atoms with van der Waals surface area (Å²) in [5.74, 6) is 0. The predicted molar refractivity (Wildman–Crippen MR) is 87.4 cm³/mol. The van der Waals surface area contributed by atoms with Gasteiger partial charge in [-0.2, -0.15) is 0 Å². The van der Waals surface area contributed by atoms with Crippen molar-refractivity contribution in [3.8, 4) is 0 Å². The fourth-order valence-corrected chi connectivity index (χ4v) is 3.40. The minimum atomic E-state index is 0.368. The number of rotatable bonds is 7. The Balaban J connectivity index is 2.17. The fraction of sp³-hybridized carbons (Fsp3) is 0.471. The molecule has 2 aromatic rings. The van der Waals surface area contributed by atoms with Gasteiger partial charge in [-0.3, -0.25) is 4.98 Å². The Morgan fingerprint density at radius 3 is 2.65 bits per heavy atom. The maximum Gasteiger partial charge on any atom is 0.0420 e. The molecule has 1 atom stereocenters. The van der Waals surface area contributed by atoms with Crippen LogP contribution in [0.1, 0.15) is 47.3 Å². The van der Waals surface area contributed by atoms with Crippen LogP contribution in [-0.4, -0.2) is 11.5 Å². The highest BCUT2D eigenvalue weighted by molar-refractivity contribution is 7.11. The zero-order valence-electron chi connectivity index (χ0n) is 12.6. The first-order valence-corrected chi connectivity index (χ1v) is 8.28. The van der Waals surface area contributed by atoms with Gasteiger partial charge in [-0.25, -0.2) is 0 Å². The Morgan fingerprint density at radius 2 is 2.00 bits per heavy atom. The zero-order valence-corrected chi connectivity index (χ0v) is 13.5. The first kappa shape index (κ1) is 15.2. The van der Waals surface area contributed by atoms with Gasteiger partial charge in [-0.1, -0.05) is 19.9 Å². The van der Waals surface area contributed by atoms with Crippen LogP contribution in [0.4, 0.5) is 0 Å². The SMILES string of the molecule is CCCNC(Cc1ccc(CC)s1)c1cccnc1C. The van der Waals surface area contributed by atoms with E-state index < -0.39 is 0 Å². The van der Waals surface area contributed by atoms with Crippen LogP contribution in [0, 0.1) is 6.92 Å². The van der Waals surface area contributed by atoms with E-state index in [0.29, 0.717) is 6.04 Å². The van der Waals surface area contributed by atoms with E-state index in [2.05, 4.69) is 49.3 Å². The Morgan fingerprint density at radius 1 is 1.20 bits per heavy atom. The highest BCUT2D eigenvalue weighted by Gasteiger charge is 2.15. The van der Waals surface area contributed by atoms with Crippen LogP contribution >= 0.6 is 11.3 Å². The molecule has 0 saturated carbocycles. The Labute approximate surface area is 126 Å². The summed E-state index contributed by atoms with van der Waals surface area (Å²) < 4.78 is 0. The van der Waals surface area contributed by atoms with Crippen LogP contribution in [0.15, 0.2) is 30.5 Å². The van der Waals surface area contributed by atoms with Gasteiger partial charge in [0, 0.05) is 34.1 Å². The lowest BCUT2D eigenvalue weighted by Crippen LogP contribution is -2.24. The Bertz CT molecular complexity index is 533. The number of aromatic nitrogens is 1. The Kier molecular flexibility index (Phi) is 5.74. The molecule has 2 nitrogen and oxygen atoms in total. The average molecular weight is 288 g/mol. The van der Waals surface area contributed by atoms with E-state index in [1.807, 2.05) is 23.6 Å². The molecule has 0 aromatic carbocycles. The fourth-order valence-electron chi connectivity index (χ4n) is 2.40. The summed E-state index contributed by atoms with van der Waals surface area (Å²) in [6.07, 6.45) is 5.21. The minimum Gasteiger partial charge on any atom is -0.310 e. The normalized spacial score (nSPS) is 12.6. The van der Waals surface area contributed by atoms with Gasteiger partial charge in [-0.15, -0.1) is 11.3 Å². The van der Waals surface area contributed by atoms with Gasteiger partial charge in [0.1, 0.15) is 0 Å². The summed E-state index contributed by atoms with van der Waals surface area (Å²) in [4.78, 5) is 7.36. The molecule has 0 aliphatic carbocycles. The molecular formula is C17H24N2S. The lowest BCUT2D eigenvalue weighted by Gasteiger charge is -2.19. The van der Waals surface area contributed by atoms with Crippen LogP contribution in [0.25, 0.3) is 0 Å². The molecule has 0 bridgehead atoms. The lowest BCUT2D eigenvalue weighted by molar-refractivity contribution is 0.528. The standard InChI is InChI=1S/C17H24N2S/c1-4-10-19-17(16-7-6-11-18-13(16)3)12-15-9-8-14(5-2)20-15/h6-9,11,17,19H,4-5,10,12H2,1-3H3. The van der Waals surface area contributed by atoms with Gasteiger partial charge in [0.25, 0.3) is 0 Å². The number of thiophene rings is 1. The summed E-state index contributed by atoms with van der Waals surface area (Å²) in [6, 6.07) is 9.13. The molecule has 0 radical (unpaired) electrons. The van der Waals surface area contributed by atoms with E-state index in [4.69, 9.17) is 0 Å². The summed E-state index contributed by atoms with van der Waals surface area (Å²) in [6.45, 7) is 7.57. The Hall–Kier alpha value is -1.19. The van der Waals surface area contributed by atoms with Crippen molar-refractivity contribution < 1.29 is 0 Å². The van der Waals surface area contributed by atoms with Gasteiger partial charge in [-0.05, 0) is 50.1 Å². The summed E-state index contributed by atoms with van der Waals surface area (Å²) in [5.41, 5.74) is 2.46. The van der Waals surface area contributed by atoms with Gasteiger partial charge in [0.05, 0.1) is 0 Å². The minimum absolute atomic E-state index is 0.368. The van der Waals surface area contributed by atoms with Crippen molar-refractivity contribution in [2.75, 3.05) is 6.54 Å². The third-order valence-corrected chi connectivity index (χ3v) is 4.79. The van der Waals surface area contributed by atoms with Gasteiger partial charge in [0.15, 0.2) is 0 Å². The molecule has 1 N–H and O–H groups in total. The van der Waals surface area contributed by atoms with Gasteiger partial charge < -0.3 is 5.32 Å². The second-order valence-corrected chi connectivity index (χ2v) is 6.36. The summed E-state index contributed by atoms with van der Waals surface area (Å²) >= 11 is 1.93. The molecule has 0 amide bonds. The second kappa shape index (κ2) is 7.55. The van der Waals surface area contributed by atoms with Crippen molar-refractivity contribution in [2.45, 2.75) is 46.1 Å². The molecule has 2 heterocycles. The number of pyridine rings is 1. The third kappa shape index (κ3) is 3.90. The van der Waals surface area contributed by atoms with Crippen molar-refractivity contribution in [3.05, 3.63) is 51.5 Å². The maximum atomic E-state index is 4.43. The number of hydrogen-bond acceptors (Lipinski definition) is 3. The van der Waals surface area contributed by atoms with Crippen molar-refractivity contribution in [2.24, 2.45) is 0 Å². The highest BCUT2D eigenvalue weighted by atomic mass is 32.1. The third-order valence-electron chi connectivity index (χ3n) is 3.54. The molecule has 108 valence electrons. The average Bonchev–Trinajstić information content (AvgIpc) is 2.92. The molecule has 2 rings (SSSR count). The lowest BCUT2D eigenvalue weighted by atomic mass is 10.0. The molecule has 3 heteroatoms. The molecule has 0 aliphatic rings. The van der Waals surface area contributed by atoms with Crippen molar-refractivity contribution in [1.29, 1.82) is 0 Å². The number of nitrogens with zero attached hydrogens (tertiary/aromatic N) is 1. The maximum absolute atomic E-state index is 4.43. The van der Waals surface area contributed by atoms with Crippen LogP contribution in [0.5, 0.6) is 0 Å². The molecule has 0 saturated heterocycles. The molecule has 2 aromatic heterocycles. The van der Waals surface area contributed by atoms with E-state index in [1.54, 1.807) is 0 Å². The molecule has 0 fully saturated rings. The number of hydrogen-bond donors (Lipinski definition) is 1. The summed E-state index contributed by atoms with van der Waals surface area (Å²) in [7, 11) is 0. The van der Waals surface area contributed by atoms with E-state index in [9.17, 15) is 0 Å². The van der Waals surface area contributed by atoms with E-state index in [-0.39, 0.29) is 0 Å². The molecule has 0 aliphatic heterocycles. The van der Waals surface area contributed by atoms with Crippen molar-refractivity contribution >= 4 is 11.3 Å². The topological polar surface area (TPSA) is 24.9 Å². The van der Waals surface area contributed by atoms with Gasteiger partial charge >= 0.3 is 0 Å². The van der Waals surface area contributed by atoms with Crippen molar-refractivity contribution in [1.82, 2.24) is 10.3 Å². The van der Waals surface area contributed by atoms with Crippen LogP contribution in [-0.2, 0) is 12.8 Å². The number of aryl methyl sites for hydroxylation is 2. The quantitative estimate of drug-likeness (QED) is 0.821. The van der Waals surface area contributed by atoms with Gasteiger partial charge in [0.2, 0.25) is 0 Å². The van der Waals surface area contributed by atoms with Crippen LogP contribution in [0.3, 0.4) is 0 Å². The first-order chi connectivity index (χ1) is 9.74. The van der Waals surface area contributed by atoms with E-state index in [0.717, 1.165) is 31.5 Å². The molecule has 0 spiro atoms. The molecule has 1 unspecified atom stereocenters. The zero-order chi connectivity index (χ0) is 14.4. The second-order valence-electron chi connectivity index (χ2n) is 5.11. The number of nitrogens with one attached hydrogen (secondary N) is 1. The van der Waals surface area contributed by atoms with E-state index >= 15 is 0 Å². The summed E-state index contributed by atoms with van der Waals surface area (Å²) in [5, 5.41) is 3.67. The predicted octanol–water partition coefficient (Wildman–Crippen LogP) is 4.30. The van der Waals surface area contributed by atoms with Crippen LogP contribution in [0.2, 0.25) is 0 Å². The monoisotopic (exact) mass is 288 g/mol.